The summed E-state index contributed by atoms with van der Waals surface area (Å²) < 4.78 is 0. The van der Waals surface area contributed by atoms with Crippen molar-refractivity contribution in [2.75, 3.05) is 0 Å². The molecule has 0 fully saturated rings. The second kappa shape index (κ2) is 17.5. The summed E-state index contributed by atoms with van der Waals surface area (Å²) in [5.41, 5.74) is 2.50. The van der Waals surface area contributed by atoms with E-state index in [1.807, 2.05) is 0 Å². The highest BCUT2D eigenvalue weighted by Gasteiger charge is 2.00. The zero-order valence-electron chi connectivity index (χ0n) is 17.8. The van der Waals surface area contributed by atoms with Crippen molar-refractivity contribution >= 4 is 0 Å². The Bertz CT molecular complexity index is 381. The van der Waals surface area contributed by atoms with E-state index in [2.05, 4.69) is 29.9 Å². The van der Waals surface area contributed by atoms with Crippen LogP contribution in [0.25, 0.3) is 0 Å². The minimum atomic E-state index is 1.13. The summed E-state index contributed by atoms with van der Waals surface area (Å²) in [6.45, 7) is 4.56. The van der Waals surface area contributed by atoms with Gasteiger partial charge in [-0.05, 0) is 31.7 Å². The molecule has 0 bridgehead atoms. The van der Waals surface area contributed by atoms with Crippen LogP contribution >= 0.6 is 0 Å². The van der Waals surface area contributed by atoms with Crippen molar-refractivity contribution in [3.63, 3.8) is 0 Å². The molecule has 0 aromatic carbocycles. The molecule has 0 spiro atoms. The summed E-state index contributed by atoms with van der Waals surface area (Å²) in [4.78, 5) is 8.95. The van der Waals surface area contributed by atoms with Gasteiger partial charge in [0, 0.05) is 11.4 Å². The molecule has 150 valence electrons. The van der Waals surface area contributed by atoms with Crippen LogP contribution < -0.4 is 0 Å². The van der Waals surface area contributed by atoms with E-state index in [0.29, 0.717) is 0 Å². The number of rotatable bonds is 18. The Hall–Kier alpha value is -0.920. The van der Waals surface area contributed by atoms with Gasteiger partial charge in [0.2, 0.25) is 0 Å². The molecule has 0 N–H and O–H groups in total. The summed E-state index contributed by atoms with van der Waals surface area (Å²) >= 11 is 0. The first-order valence-electron chi connectivity index (χ1n) is 11.7. The number of aryl methyl sites for hydroxylation is 2. The molecule has 1 aromatic rings. The second-order valence-electron chi connectivity index (χ2n) is 7.95. The van der Waals surface area contributed by atoms with E-state index in [1.54, 1.807) is 6.33 Å². The molecular weight excluding hydrogens is 316 g/mol. The third kappa shape index (κ3) is 13.3. The number of aromatic nitrogens is 2. The van der Waals surface area contributed by atoms with Crippen LogP contribution in [0.2, 0.25) is 0 Å². The van der Waals surface area contributed by atoms with E-state index in [1.165, 1.54) is 114 Å². The van der Waals surface area contributed by atoms with Gasteiger partial charge in [-0.15, -0.1) is 0 Å². The van der Waals surface area contributed by atoms with Gasteiger partial charge in [-0.2, -0.15) is 0 Å². The predicted molar refractivity (Wildman–Crippen MR) is 115 cm³/mol. The number of hydrogen-bond acceptors (Lipinski definition) is 2. The molecule has 1 heterocycles. The van der Waals surface area contributed by atoms with Crippen LogP contribution in [-0.4, -0.2) is 9.97 Å². The minimum Gasteiger partial charge on any atom is -0.241 e. The van der Waals surface area contributed by atoms with Gasteiger partial charge in [0.05, 0.1) is 0 Å². The number of unbranched alkanes of at least 4 members (excludes halogenated alkanes) is 14. The zero-order valence-corrected chi connectivity index (χ0v) is 17.8. The second-order valence-corrected chi connectivity index (χ2v) is 7.95. The average Bonchev–Trinajstić information content (AvgIpc) is 2.66. The first kappa shape index (κ1) is 23.1. The Morgan fingerprint density at radius 1 is 0.500 bits per heavy atom. The molecule has 0 unspecified atom stereocenters. The lowest BCUT2D eigenvalue weighted by Crippen LogP contribution is -1.97. The van der Waals surface area contributed by atoms with Gasteiger partial charge in [-0.1, -0.05) is 104 Å². The van der Waals surface area contributed by atoms with Gasteiger partial charge in [0.15, 0.2) is 0 Å². The third-order valence-electron chi connectivity index (χ3n) is 5.35. The van der Waals surface area contributed by atoms with E-state index >= 15 is 0 Å². The standard InChI is InChI=1S/C24H44N2/c1-3-5-7-9-11-13-15-17-19-23-21-24(26-22-25-23)20-18-16-14-12-10-8-6-4-2/h21-22H,3-20H2,1-2H3. The van der Waals surface area contributed by atoms with Gasteiger partial charge in [-0.25, -0.2) is 9.97 Å². The third-order valence-corrected chi connectivity index (χ3v) is 5.35. The van der Waals surface area contributed by atoms with Crippen LogP contribution in [0.5, 0.6) is 0 Å². The van der Waals surface area contributed by atoms with Crippen molar-refractivity contribution in [3.05, 3.63) is 23.8 Å². The SMILES string of the molecule is CCCCCCCCCCc1cc(CCCCCCCCCC)ncn1. The molecule has 0 aliphatic heterocycles. The Labute approximate surface area is 163 Å². The Morgan fingerprint density at radius 2 is 0.846 bits per heavy atom. The first-order valence-corrected chi connectivity index (χ1v) is 11.7. The molecule has 2 nitrogen and oxygen atoms in total. The lowest BCUT2D eigenvalue weighted by molar-refractivity contribution is 0.571. The topological polar surface area (TPSA) is 25.8 Å². The zero-order chi connectivity index (χ0) is 18.7. The smallest absolute Gasteiger partial charge is 0.115 e. The van der Waals surface area contributed by atoms with Crippen LogP contribution in [0.1, 0.15) is 128 Å². The molecule has 0 amide bonds. The van der Waals surface area contributed by atoms with Crippen molar-refractivity contribution < 1.29 is 0 Å². The van der Waals surface area contributed by atoms with Crippen LogP contribution in [0.15, 0.2) is 12.4 Å². The first-order chi connectivity index (χ1) is 12.9. The molecule has 0 atom stereocenters. The van der Waals surface area contributed by atoms with E-state index < -0.39 is 0 Å². The van der Waals surface area contributed by atoms with Crippen LogP contribution in [-0.2, 0) is 12.8 Å². The monoisotopic (exact) mass is 360 g/mol. The van der Waals surface area contributed by atoms with Crippen LogP contribution in [0, 0.1) is 0 Å². The van der Waals surface area contributed by atoms with E-state index in [-0.39, 0.29) is 0 Å². The van der Waals surface area contributed by atoms with Gasteiger partial charge < -0.3 is 0 Å². The van der Waals surface area contributed by atoms with Crippen molar-refractivity contribution in [2.24, 2.45) is 0 Å². The maximum absolute atomic E-state index is 4.47. The summed E-state index contributed by atoms with van der Waals surface area (Å²) in [6.07, 6.45) is 26.1. The van der Waals surface area contributed by atoms with E-state index in [9.17, 15) is 0 Å². The summed E-state index contributed by atoms with van der Waals surface area (Å²) in [5, 5.41) is 0. The average molecular weight is 361 g/mol. The van der Waals surface area contributed by atoms with Crippen molar-refractivity contribution in [3.8, 4) is 0 Å². The molecule has 0 aliphatic carbocycles. The fourth-order valence-electron chi connectivity index (χ4n) is 3.60. The van der Waals surface area contributed by atoms with Crippen LogP contribution in [0.3, 0.4) is 0 Å². The van der Waals surface area contributed by atoms with Gasteiger partial charge in [0.1, 0.15) is 6.33 Å². The molecular formula is C24H44N2. The minimum absolute atomic E-state index is 1.13. The Kier molecular flexibility index (Phi) is 15.6. The number of hydrogen-bond donors (Lipinski definition) is 0. The van der Waals surface area contributed by atoms with Gasteiger partial charge in [0.25, 0.3) is 0 Å². The van der Waals surface area contributed by atoms with Gasteiger partial charge >= 0.3 is 0 Å². The van der Waals surface area contributed by atoms with Crippen molar-refractivity contribution in [1.29, 1.82) is 0 Å². The lowest BCUT2D eigenvalue weighted by atomic mass is 10.0. The highest BCUT2D eigenvalue weighted by molar-refractivity contribution is 5.08. The predicted octanol–water partition coefficient (Wildman–Crippen LogP) is 7.84. The fourth-order valence-corrected chi connectivity index (χ4v) is 3.60. The van der Waals surface area contributed by atoms with E-state index in [4.69, 9.17) is 0 Å². The molecule has 1 aromatic heterocycles. The highest BCUT2D eigenvalue weighted by Crippen LogP contribution is 2.13. The van der Waals surface area contributed by atoms with Crippen molar-refractivity contribution in [1.82, 2.24) is 9.97 Å². The normalized spacial score (nSPS) is 11.2. The molecule has 26 heavy (non-hydrogen) atoms. The van der Waals surface area contributed by atoms with Crippen molar-refractivity contribution in [2.45, 2.75) is 129 Å². The molecule has 1 rings (SSSR count). The molecule has 0 radical (unpaired) electrons. The molecule has 0 aliphatic rings. The summed E-state index contributed by atoms with van der Waals surface area (Å²) in [6, 6.07) is 2.25. The molecule has 2 heteroatoms. The summed E-state index contributed by atoms with van der Waals surface area (Å²) in [7, 11) is 0. The number of nitrogens with zero attached hydrogens (tertiary/aromatic N) is 2. The maximum atomic E-state index is 4.47. The Morgan fingerprint density at radius 3 is 1.23 bits per heavy atom. The Balaban J connectivity index is 2.03. The quantitative estimate of drug-likeness (QED) is 0.249. The molecule has 0 saturated carbocycles. The van der Waals surface area contributed by atoms with E-state index in [0.717, 1.165) is 12.8 Å². The molecule has 0 saturated heterocycles. The van der Waals surface area contributed by atoms with Crippen LogP contribution in [0.4, 0.5) is 0 Å². The highest BCUT2D eigenvalue weighted by atomic mass is 14.8. The van der Waals surface area contributed by atoms with Gasteiger partial charge in [-0.3, -0.25) is 0 Å². The lowest BCUT2D eigenvalue weighted by Gasteiger charge is -2.05. The summed E-state index contributed by atoms with van der Waals surface area (Å²) in [5.74, 6) is 0. The maximum Gasteiger partial charge on any atom is 0.115 e. The largest absolute Gasteiger partial charge is 0.241 e. The fraction of sp³-hybridized carbons (Fsp3) is 0.833.